The van der Waals surface area contributed by atoms with Gasteiger partial charge in [-0.3, -0.25) is 38.1 Å². The molecule has 0 radical (unpaired) electrons. The molecule has 60 heavy (non-hydrogen) atoms. The fraction of sp³-hybridized carbons (Fsp3) is 0.737. The van der Waals surface area contributed by atoms with Crippen LogP contribution in [0.1, 0.15) is 77.8 Å². The Balaban J connectivity index is 2.05. The summed E-state index contributed by atoms with van der Waals surface area (Å²) in [5.74, 6) is -7.15. The fourth-order valence-corrected chi connectivity index (χ4v) is 8.08. The number of rotatable bonds is 31. The van der Waals surface area contributed by atoms with Crippen molar-refractivity contribution >= 4 is 61.2 Å². The Morgan fingerprint density at radius 2 is 1.65 bits per heavy atom. The Kier molecular flexibility index (Phi) is 23.4. The summed E-state index contributed by atoms with van der Waals surface area (Å²) < 4.78 is 22.6. The topological polar surface area (TPSA) is 324 Å². The molecule has 0 spiro atoms. The van der Waals surface area contributed by atoms with Gasteiger partial charge >= 0.3 is 7.60 Å². The lowest BCUT2D eigenvalue weighted by atomic mass is 9.87. The van der Waals surface area contributed by atoms with Gasteiger partial charge in [0.25, 0.3) is 0 Å². The summed E-state index contributed by atoms with van der Waals surface area (Å²) in [6.45, 7) is 5.49. The van der Waals surface area contributed by atoms with Gasteiger partial charge in [-0.1, -0.05) is 20.8 Å². The first-order valence-electron chi connectivity index (χ1n) is 20.2. The minimum absolute atomic E-state index is 0.0194. The summed E-state index contributed by atoms with van der Waals surface area (Å²) in [6, 6.07) is -3.98. The van der Waals surface area contributed by atoms with Gasteiger partial charge in [0.05, 0.1) is 63.3 Å². The Labute approximate surface area is 356 Å². The highest BCUT2D eigenvalue weighted by Gasteiger charge is 2.38. The number of likely N-dealkylation sites (tertiary alicyclic amines) is 1. The minimum atomic E-state index is -4.56. The monoisotopic (exact) mass is 889 g/mol. The molecule has 4 amide bonds. The number of primary amides is 1. The lowest BCUT2D eigenvalue weighted by Crippen LogP contribution is -2.52. The number of Topliss-reactive ketones (excluding diaryl/α,β-unsaturated/α-hetero) is 3. The predicted molar refractivity (Wildman–Crippen MR) is 221 cm³/mol. The van der Waals surface area contributed by atoms with Gasteiger partial charge in [-0.05, 0) is 37.5 Å². The van der Waals surface area contributed by atoms with Crippen LogP contribution in [0.25, 0.3) is 0 Å². The average Bonchev–Trinajstić information content (AvgIpc) is 3.89. The number of carbonyl (C=O) groups is 7. The number of nitrogens with one attached hydrogen (secondary N) is 3. The van der Waals surface area contributed by atoms with E-state index in [1.807, 2.05) is 13.8 Å². The Morgan fingerprint density at radius 3 is 2.23 bits per heavy atom. The van der Waals surface area contributed by atoms with E-state index in [-0.39, 0.29) is 62.4 Å². The number of nitrogens with two attached hydrogens (primary N) is 2. The number of imidazole rings is 1. The first-order valence-corrected chi connectivity index (χ1v) is 22.6. The number of H-pyrrole nitrogens is 1. The van der Waals surface area contributed by atoms with Crippen LogP contribution < -0.4 is 22.1 Å². The van der Waals surface area contributed by atoms with E-state index in [0.717, 1.165) is 0 Å². The number of amides is 4. The second-order valence-electron chi connectivity index (χ2n) is 15.7. The van der Waals surface area contributed by atoms with E-state index in [1.54, 1.807) is 0 Å². The van der Waals surface area contributed by atoms with Crippen LogP contribution in [-0.2, 0) is 54.0 Å². The van der Waals surface area contributed by atoms with E-state index in [0.29, 0.717) is 44.5 Å². The summed E-state index contributed by atoms with van der Waals surface area (Å²) >= 11 is 4.01. The molecule has 340 valence electrons. The third-order valence-electron chi connectivity index (χ3n) is 10.2. The highest BCUT2D eigenvalue weighted by Crippen LogP contribution is 2.39. The largest absolute Gasteiger partial charge is 0.394 e. The number of hydrogen-bond acceptors (Lipinski definition) is 14. The summed E-state index contributed by atoms with van der Waals surface area (Å²) in [5, 5.41) is 15.3. The highest BCUT2D eigenvalue weighted by atomic mass is 32.1. The van der Waals surface area contributed by atoms with E-state index >= 15 is 0 Å². The molecule has 22 heteroatoms. The third kappa shape index (κ3) is 19.0. The number of ether oxygens (including phenoxy) is 2. The molecule has 20 nitrogen and oxygen atoms in total. The number of hydrogen-bond donors (Lipinski definition) is 9. The molecule has 2 heterocycles. The molecular weight excluding hydrogens is 825 g/mol. The summed E-state index contributed by atoms with van der Waals surface area (Å²) in [4.78, 5) is 119. The van der Waals surface area contributed by atoms with Crippen molar-refractivity contribution in [3.05, 3.63) is 18.2 Å². The van der Waals surface area contributed by atoms with Gasteiger partial charge in [0, 0.05) is 62.4 Å². The lowest BCUT2D eigenvalue weighted by molar-refractivity contribution is -0.140. The van der Waals surface area contributed by atoms with E-state index in [9.17, 15) is 53.0 Å². The number of nitrogens with zero attached hydrogens (tertiary/aromatic N) is 2. The number of aliphatic hydroxyl groups is 1. The molecule has 1 saturated heterocycles. The van der Waals surface area contributed by atoms with Crippen LogP contribution in [0.15, 0.2) is 12.5 Å². The lowest BCUT2D eigenvalue weighted by Gasteiger charge is -2.28. The molecule has 1 aromatic heterocycles. The Hall–Kier alpha value is -3.56. The maximum atomic E-state index is 14.0. The Bertz CT molecular complexity index is 1610. The van der Waals surface area contributed by atoms with E-state index in [1.165, 1.54) is 24.3 Å². The number of aromatic nitrogens is 2. The Morgan fingerprint density at radius 1 is 0.983 bits per heavy atom. The van der Waals surface area contributed by atoms with Crippen LogP contribution in [0.4, 0.5) is 0 Å². The summed E-state index contributed by atoms with van der Waals surface area (Å²) in [6.07, 6.45) is 3.07. The van der Waals surface area contributed by atoms with Crippen LogP contribution in [0, 0.1) is 23.7 Å². The average molecular weight is 890 g/mol. The zero-order valence-electron chi connectivity index (χ0n) is 34.7. The van der Waals surface area contributed by atoms with Gasteiger partial charge in [-0.2, -0.15) is 12.6 Å². The summed E-state index contributed by atoms with van der Waals surface area (Å²) in [5.41, 5.74) is 11.6. The smallest absolute Gasteiger partial charge is 0.325 e. The van der Waals surface area contributed by atoms with Crippen LogP contribution in [0.5, 0.6) is 0 Å². The molecule has 0 saturated carbocycles. The minimum Gasteiger partial charge on any atom is -0.394 e. The normalized spacial score (nSPS) is 17.4. The third-order valence-corrected chi connectivity index (χ3v) is 11.6. The van der Waals surface area contributed by atoms with Crippen LogP contribution >= 0.6 is 20.2 Å². The molecule has 0 aliphatic carbocycles. The molecule has 1 aromatic rings. The first kappa shape index (κ1) is 52.6. The second-order valence-corrected chi connectivity index (χ2v) is 17.7. The molecule has 0 aromatic carbocycles. The SMILES string of the molecule is CC(C)C[C@H](NC(=O)[C@@H]1CCCN1C(=O)CCOCCOCCCC(=O)[C@@H](N)CS)C(=O)C[C@@H](Cc1cnc[nH]1)C(=O)N[C@@H](CO)C(=O)C[C@H](C(N)=O)C(C)CP(=O)(O)O. The number of ketones is 3. The van der Waals surface area contributed by atoms with E-state index in [4.69, 9.17) is 20.9 Å². The molecular formula is C38H64N7O13PS. The second kappa shape index (κ2) is 26.7. The van der Waals surface area contributed by atoms with Crippen molar-refractivity contribution in [3.63, 3.8) is 0 Å². The quantitative estimate of drug-likeness (QED) is 0.0256. The van der Waals surface area contributed by atoms with Gasteiger partial charge in [0.1, 0.15) is 17.9 Å². The van der Waals surface area contributed by atoms with Crippen molar-refractivity contribution in [3.8, 4) is 0 Å². The summed E-state index contributed by atoms with van der Waals surface area (Å²) in [7, 11) is -4.56. The van der Waals surface area contributed by atoms with Gasteiger partial charge in [-0.15, -0.1) is 0 Å². The standard InChI is InChI=1S/C38H64N7O13PS/c1-23(2)14-29(43-38(53)31-6-4-9-45(31)35(50)8-11-58-13-12-57-10-5-7-32(47)28(39)21-60)33(48)16-25(15-26-18-41-22-42-26)37(52)44-30(19-46)34(49)17-27(36(40)51)24(3)20-59(54,55)56/h18,22-25,27-31,46,60H,4-17,19-21,39H2,1-3H3,(H2,40,51)(H,41,42)(H,43,53)(H,44,52)(H2,54,55,56)/t24?,25-,27+,28+,29+,30+,31+/m1/s1. The molecule has 1 aliphatic rings. The van der Waals surface area contributed by atoms with Crippen molar-refractivity contribution < 1.29 is 62.5 Å². The van der Waals surface area contributed by atoms with Crippen molar-refractivity contribution in [2.75, 3.05) is 51.5 Å². The van der Waals surface area contributed by atoms with Crippen LogP contribution in [-0.4, -0.2) is 146 Å². The zero-order chi connectivity index (χ0) is 45.0. The fourth-order valence-electron chi connectivity index (χ4n) is 6.87. The van der Waals surface area contributed by atoms with E-state index in [2.05, 4.69) is 33.2 Å². The van der Waals surface area contributed by atoms with Crippen molar-refractivity contribution in [2.45, 2.75) is 103 Å². The molecule has 0 bridgehead atoms. The molecule has 1 fully saturated rings. The van der Waals surface area contributed by atoms with Crippen molar-refractivity contribution in [2.24, 2.45) is 35.1 Å². The molecule has 2 rings (SSSR count). The van der Waals surface area contributed by atoms with Gasteiger partial charge < -0.3 is 56.4 Å². The van der Waals surface area contributed by atoms with Gasteiger partial charge in [-0.25, -0.2) is 4.98 Å². The van der Waals surface area contributed by atoms with Crippen LogP contribution in [0.3, 0.4) is 0 Å². The number of thiol groups is 1. The molecule has 7 atom stereocenters. The number of aromatic amines is 1. The molecule has 1 aliphatic heterocycles. The highest BCUT2D eigenvalue weighted by molar-refractivity contribution is 7.80. The predicted octanol–water partition coefficient (Wildman–Crippen LogP) is -0.569. The molecule has 1 unspecified atom stereocenters. The first-order chi connectivity index (χ1) is 28.3. The van der Waals surface area contributed by atoms with Gasteiger partial charge in [0.2, 0.25) is 23.6 Å². The number of carbonyl (C=O) groups excluding carboxylic acids is 7. The van der Waals surface area contributed by atoms with Crippen molar-refractivity contribution in [1.29, 1.82) is 0 Å². The van der Waals surface area contributed by atoms with Crippen LogP contribution in [0.2, 0.25) is 0 Å². The van der Waals surface area contributed by atoms with E-state index < -0.39 is 104 Å². The molecule has 10 N–H and O–H groups in total. The maximum absolute atomic E-state index is 14.0. The van der Waals surface area contributed by atoms with Gasteiger partial charge in [0.15, 0.2) is 11.6 Å². The van der Waals surface area contributed by atoms with Crippen molar-refractivity contribution in [1.82, 2.24) is 25.5 Å². The maximum Gasteiger partial charge on any atom is 0.325 e. The number of aliphatic hydroxyl groups excluding tert-OH is 1. The zero-order valence-corrected chi connectivity index (χ0v) is 36.5.